The van der Waals surface area contributed by atoms with Crippen LogP contribution in [0.5, 0.6) is 0 Å². The Hall–Kier alpha value is -1.25. The smallest absolute Gasteiger partial charge is 0.357 e. The fraction of sp³-hybridized carbons (Fsp3) is 0.409. The van der Waals surface area contributed by atoms with Crippen molar-refractivity contribution >= 4 is 15.9 Å². The molecule has 0 radical (unpaired) electrons. The van der Waals surface area contributed by atoms with Gasteiger partial charge < -0.3 is 4.55 Å². The lowest BCUT2D eigenvalue weighted by Crippen LogP contribution is -3.61. The van der Waals surface area contributed by atoms with Gasteiger partial charge in [-0.25, -0.2) is 8.42 Å². The molecule has 0 aliphatic heterocycles. The van der Waals surface area contributed by atoms with Crippen molar-refractivity contribution in [1.82, 2.24) is 0 Å². The van der Waals surface area contributed by atoms with Crippen molar-refractivity contribution in [1.29, 1.82) is 0 Å². The second-order valence-electron chi connectivity index (χ2n) is 8.16. The van der Waals surface area contributed by atoms with Crippen LogP contribution in [0.15, 0.2) is 60.7 Å². The second-order valence-corrected chi connectivity index (χ2v) is 12.7. The Morgan fingerprint density at radius 3 is 1.71 bits per heavy atom. The predicted molar refractivity (Wildman–Crippen MR) is 103 cm³/mol. The van der Waals surface area contributed by atoms with Gasteiger partial charge in [0.1, 0.15) is 15.4 Å². The summed E-state index contributed by atoms with van der Waals surface area (Å²) in [5.74, 6) is -0.656. The van der Waals surface area contributed by atoms with E-state index in [1.807, 2.05) is 13.8 Å². The molecule has 3 atom stereocenters. The van der Waals surface area contributed by atoms with E-state index >= 15 is 0 Å². The van der Waals surface area contributed by atoms with E-state index in [0.29, 0.717) is 12.8 Å². The van der Waals surface area contributed by atoms with Crippen LogP contribution in [0.3, 0.4) is 0 Å². The molecule has 6 heteroatoms. The van der Waals surface area contributed by atoms with Crippen LogP contribution in [0.25, 0.3) is 0 Å². The molecule has 4 nitrogen and oxygen atoms in total. The first-order valence-electron chi connectivity index (χ1n) is 9.31. The summed E-state index contributed by atoms with van der Waals surface area (Å²) in [6, 6.07) is 21.4. The first kappa shape index (κ1) is 21.5. The fourth-order valence-corrected chi connectivity index (χ4v) is 8.09. The van der Waals surface area contributed by atoms with E-state index in [9.17, 15) is 17.8 Å². The maximum atomic E-state index is 12.0. The van der Waals surface area contributed by atoms with Gasteiger partial charge in [0.25, 0.3) is 0 Å². The molecule has 0 heterocycles. The van der Waals surface area contributed by atoms with Crippen molar-refractivity contribution in [2.75, 3.05) is 0 Å². The van der Waals surface area contributed by atoms with Gasteiger partial charge in [0, 0.05) is 5.41 Å². The maximum absolute atomic E-state index is 12.0. The summed E-state index contributed by atoms with van der Waals surface area (Å²) in [7, 11) is -4.49. The van der Waals surface area contributed by atoms with Crippen molar-refractivity contribution in [2.45, 2.75) is 38.9 Å². The first-order chi connectivity index (χ1) is 13.1. The van der Waals surface area contributed by atoms with Crippen LogP contribution >= 0.6 is 0 Å². The zero-order valence-electron chi connectivity index (χ0n) is 16.3. The van der Waals surface area contributed by atoms with Gasteiger partial charge in [-0.2, -0.15) is 0 Å². The normalized spacial score (nSPS) is 27.9. The molecule has 2 saturated carbocycles. The summed E-state index contributed by atoms with van der Waals surface area (Å²) >= 11 is 0.0287. The van der Waals surface area contributed by atoms with E-state index in [1.54, 1.807) is 6.92 Å². The number of hydrogen-bond acceptors (Lipinski definition) is 4. The largest absolute Gasteiger partial charge is 0.747 e. The van der Waals surface area contributed by atoms with E-state index in [4.69, 9.17) is 0 Å². The van der Waals surface area contributed by atoms with Crippen molar-refractivity contribution in [3.8, 4) is 0 Å². The second kappa shape index (κ2) is 7.88. The molecule has 4 rings (SSSR count). The Labute approximate surface area is 177 Å². The topological polar surface area (TPSA) is 74.3 Å². The molecule has 2 aliphatic rings. The Morgan fingerprint density at radius 1 is 0.929 bits per heavy atom. The lowest BCUT2D eigenvalue weighted by atomic mass is 9.70. The average molecular weight is 512 g/mol. The number of Topliss-reactive ketones (excluding diaryl/α,β-unsaturated/α-hetero) is 1. The summed E-state index contributed by atoms with van der Waals surface area (Å²) < 4.78 is 36.2. The van der Waals surface area contributed by atoms with Crippen LogP contribution in [0.4, 0.5) is 0 Å². The van der Waals surface area contributed by atoms with Gasteiger partial charge in [-0.1, -0.05) is 57.2 Å². The minimum absolute atomic E-state index is 0.0287. The molecule has 2 fully saturated rings. The Morgan fingerprint density at radius 2 is 1.39 bits per heavy atom. The molecule has 2 aliphatic carbocycles. The van der Waals surface area contributed by atoms with E-state index in [-0.39, 0.29) is 38.3 Å². The number of halogens is 1. The molecule has 0 aromatic heterocycles. The van der Waals surface area contributed by atoms with Crippen LogP contribution in [0, 0.1) is 23.9 Å². The zero-order valence-corrected chi connectivity index (χ0v) is 19.2. The maximum Gasteiger partial charge on any atom is 0.357 e. The van der Waals surface area contributed by atoms with E-state index in [0.717, 1.165) is 0 Å². The molecule has 0 saturated heterocycles. The van der Waals surface area contributed by atoms with Crippen LogP contribution in [-0.2, 0) is 14.9 Å². The highest BCUT2D eigenvalue weighted by Gasteiger charge is 2.67. The van der Waals surface area contributed by atoms with E-state index in [1.165, 1.54) is 7.14 Å². The van der Waals surface area contributed by atoms with E-state index in [2.05, 4.69) is 60.7 Å². The zero-order chi connectivity index (χ0) is 20.6. The lowest BCUT2D eigenvalue weighted by molar-refractivity contribution is -0.597. The summed E-state index contributed by atoms with van der Waals surface area (Å²) in [5.41, 5.74) is -0.994. The van der Waals surface area contributed by atoms with Gasteiger partial charge >= 0.3 is 21.2 Å². The van der Waals surface area contributed by atoms with E-state index < -0.39 is 20.8 Å². The molecular weight excluding hydrogens is 487 g/mol. The summed E-state index contributed by atoms with van der Waals surface area (Å²) in [5, 5.41) is -1.30. The summed E-state index contributed by atoms with van der Waals surface area (Å²) in [6.45, 7) is 5.59. The number of benzene rings is 2. The highest BCUT2D eigenvalue weighted by molar-refractivity contribution is 7.87. The lowest BCUT2D eigenvalue weighted by Gasteiger charge is -2.32. The number of carbonyl (C=O) groups is 1. The molecule has 3 unspecified atom stereocenters. The van der Waals surface area contributed by atoms with Gasteiger partial charge in [0.2, 0.25) is 0 Å². The van der Waals surface area contributed by atoms with Crippen LogP contribution in [-0.4, -0.2) is 24.0 Å². The number of rotatable bonds is 3. The Kier molecular flexibility index (Phi) is 6.04. The molecular formula is C22H25IO4S. The first-order valence-corrected chi connectivity index (χ1v) is 12.9. The van der Waals surface area contributed by atoms with Crippen molar-refractivity contribution in [3.05, 3.63) is 67.8 Å². The molecule has 0 N–H and O–H groups in total. The fourth-order valence-electron chi connectivity index (χ4n) is 4.42. The van der Waals surface area contributed by atoms with Gasteiger partial charge in [-0.3, -0.25) is 4.79 Å². The Bertz CT molecular complexity index is 904. The minimum Gasteiger partial charge on any atom is -0.747 e. The third kappa shape index (κ3) is 3.91. The number of fused-ring (bicyclic) bond motifs is 2. The summed E-state index contributed by atoms with van der Waals surface area (Å²) in [4.78, 5) is 12.0. The quantitative estimate of drug-likeness (QED) is 0.450. The third-order valence-electron chi connectivity index (χ3n) is 6.47. The number of hydrogen-bond donors (Lipinski definition) is 0. The van der Waals surface area contributed by atoms with Crippen LogP contribution in [0.2, 0.25) is 0 Å². The third-order valence-corrected chi connectivity index (χ3v) is 10.3. The van der Waals surface area contributed by atoms with Crippen molar-refractivity contribution < 1.29 is 39.0 Å². The minimum atomic E-state index is -4.49. The molecule has 2 bridgehead atoms. The van der Waals surface area contributed by atoms with Crippen LogP contribution in [0.1, 0.15) is 33.6 Å². The van der Waals surface area contributed by atoms with Gasteiger partial charge in [-0.05, 0) is 48.4 Å². The molecule has 2 aromatic carbocycles. The molecule has 150 valence electrons. The molecule has 0 amide bonds. The number of ketones is 1. The SMILES string of the molecule is CC12CCC(C(S(=O)(=O)[O-])C1=O)C2(C)C.c1ccc([I+]c2ccccc2)cc1. The number of carbonyl (C=O) groups excluding carboxylic acids is 1. The van der Waals surface area contributed by atoms with Gasteiger partial charge in [0.15, 0.2) is 12.9 Å². The van der Waals surface area contributed by atoms with Gasteiger partial charge in [-0.15, -0.1) is 0 Å². The van der Waals surface area contributed by atoms with Crippen molar-refractivity contribution in [3.63, 3.8) is 0 Å². The highest BCUT2D eigenvalue weighted by atomic mass is 127. The summed E-state index contributed by atoms with van der Waals surface area (Å²) in [6.07, 6.45) is 1.37. The average Bonchev–Trinajstić information content (AvgIpc) is 2.95. The predicted octanol–water partition coefficient (Wildman–Crippen LogP) is 0.740. The Balaban J connectivity index is 0.000000162. The van der Waals surface area contributed by atoms with Gasteiger partial charge in [0.05, 0.1) is 0 Å². The van der Waals surface area contributed by atoms with Crippen molar-refractivity contribution in [2.24, 2.45) is 16.7 Å². The van der Waals surface area contributed by atoms with Crippen LogP contribution < -0.4 is 21.2 Å². The highest BCUT2D eigenvalue weighted by Crippen LogP contribution is 2.64. The monoisotopic (exact) mass is 512 g/mol. The standard InChI is InChI=1S/C12H10I.C10H16O4S/c1-3-7-11(8-4-1)13-12-9-5-2-6-10-12;1-9(2)6-4-5-10(9,3)8(11)7(6)15(12,13)14/h1-10H;6-7H,4-5H2,1-3H3,(H,12,13,14)/q+1;/p-1. The molecule has 0 spiro atoms. The molecule has 2 aromatic rings. The molecule has 28 heavy (non-hydrogen) atoms.